The molecule has 1 amide bonds. The number of carbonyl (C=O) groups is 1. The summed E-state index contributed by atoms with van der Waals surface area (Å²) in [5, 5.41) is 5.20. The molecule has 2 atom stereocenters. The van der Waals surface area contributed by atoms with Crippen LogP contribution in [0.2, 0.25) is 0 Å². The highest BCUT2D eigenvalue weighted by molar-refractivity contribution is 6.07. The fourth-order valence-corrected chi connectivity index (χ4v) is 4.61. The fourth-order valence-electron chi connectivity index (χ4n) is 4.61. The molecule has 7 nitrogen and oxygen atoms in total. The van der Waals surface area contributed by atoms with E-state index in [9.17, 15) is 22.8 Å². The molecule has 1 aromatic heterocycles. The number of piperazine rings is 1. The molecular formula is C24H26F5N5O2. The molecule has 36 heavy (non-hydrogen) atoms. The Bertz CT molecular complexity index is 1260. The van der Waals surface area contributed by atoms with E-state index in [4.69, 9.17) is 0 Å². The Kier molecular flexibility index (Phi) is 6.93. The van der Waals surface area contributed by atoms with Crippen LogP contribution in [-0.4, -0.2) is 61.1 Å². The SMILES string of the molecule is CC1CN(c2cc(F)c(C3=CCNC3)c(F)c2NC(=O)c2c[nH]c(=O)cc2C(F)(F)F)C[C@@H](C)N1C. The molecule has 2 aliphatic rings. The minimum absolute atomic E-state index is 0.000807. The first-order chi connectivity index (χ1) is 16.9. The molecular weight excluding hydrogens is 485 g/mol. The normalized spacial score (nSPS) is 21.0. The van der Waals surface area contributed by atoms with Crippen molar-refractivity contribution in [1.29, 1.82) is 0 Å². The molecule has 2 aliphatic heterocycles. The third kappa shape index (κ3) is 4.87. The van der Waals surface area contributed by atoms with Gasteiger partial charge in [0.15, 0.2) is 5.82 Å². The van der Waals surface area contributed by atoms with Crippen molar-refractivity contribution in [2.75, 3.05) is 43.4 Å². The van der Waals surface area contributed by atoms with Crippen molar-refractivity contribution in [2.45, 2.75) is 32.1 Å². The summed E-state index contributed by atoms with van der Waals surface area (Å²) >= 11 is 0. The first-order valence-corrected chi connectivity index (χ1v) is 11.4. The number of aromatic amines is 1. The highest BCUT2D eigenvalue weighted by atomic mass is 19.4. The Balaban J connectivity index is 1.83. The number of hydrogen-bond acceptors (Lipinski definition) is 5. The number of halogens is 5. The average Bonchev–Trinajstić information content (AvgIpc) is 3.32. The second kappa shape index (κ2) is 9.66. The Morgan fingerprint density at radius 3 is 2.39 bits per heavy atom. The van der Waals surface area contributed by atoms with Gasteiger partial charge in [0.25, 0.3) is 5.91 Å². The average molecular weight is 511 g/mol. The van der Waals surface area contributed by atoms with Gasteiger partial charge in [-0.25, -0.2) is 8.78 Å². The van der Waals surface area contributed by atoms with Crippen molar-refractivity contribution < 1.29 is 26.7 Å². The number of H-pyrrole nitrogens is 1. The summed E-state index contributed by atoms with van der Waals surface area (Å²) in [6.07, 6.45) is -2.76. The van der Waals surface area contributed by atoms with Crippen molar-refractivity contribution in [2.24, 2.45) is 0 Å². The number of carbonyl (C=O) groups excluding carboxylic acids is 1. The lowest BCUT2D eigenvalue weighted by Gasteiger charge is -2.44. The standard InChI is InChI=1S/C24H26F5N5O2/c1-12-10-34(11-13(2)33(12)3)18-7-17(25)20(14-4-5-30-8-14)21(26)22(18)32-23(36)15-9-31-19(35)6-16(15)24(27,28)29/h4,6-7,9,12-13,30H,5,8,10-11H2,1-3H3,(H,31,35)(H,32,36)/t12-,13?/m1/s1. The predicted molar refractivity (Wildman–Crippen MR) is 126 cm³/mol. The third-order valence-electron chi connectivity index (χ3n) is 6.74. The highest BCUT2D eigenvalue weighted by Crippen LogP contribution is 2.39. The number of benzene rings is 1. The van der Waals surface area contributed by atoms with E-state index in [1.165, 1.54) is 0 Å². The highest BCUT2D eigenvalue weighted by Gasteiger charge is 2.37. The minimum Gasteiger partial charge on any atom is -0.367 e. The Morgan fingerprint density at radius 1 is 1.14 bits per heavy atom. The summed E-state index contributed by atoms with van der Waals surface area (Å²) in [5.74, 6) is -3.20. The van der Waals surface area contributed by atoms with Crippen LogP contribution in [0.1, 0.15) is 35.3 Å². The summed E-state index contributed by atoms with van der Waals surface area (Å²) in [4.78, 5) is 30.4. The van der Waals surface area contributed by atoms with Crippen LogP contribution in [0.25, 0.3) is 5.57 Å². The van der Waals surface area contributed by atoms with Crippen LogP contribution in [0, 0.1) is 11.6 Å². The smallest absolute Gasteiger partial charge is 0.367 e. The van der Waals surface area contributed by atoms with Gasteiger partial charge in [-0.1, -0.05) is 6.08 Å². The van der Waals surface area contributed by atoms with Crippen LogP contribution in [-0.2, 0) is 6.18 Å². The number of hydrogen-bond donors (Lipinski definition) is 3. The van der Waals surface area contributed by atoms with Gasteiger partial charge in [0.2, 0.25) is 5.56 Å². The molecule has 2 aromatic rings. The predicted octanol–water partition coefficient (Wildman–Crippen LogP) is 3.44. The molecule has 0 bridgehead atoms. The van der Waals surface area contributed by atoms with E-state index in [1.807, 2.05) is 25.9 Å². The first kappa shape index (κ1) is 25.8. The van der Waals surface area contributed by atoms with Crippen molar-refractivity contribution in [3.63, 3.8) is 0 Å². The maximum Gasteiger partial charge on any atom is 0.417 e. The van der Waals surface area contributed by atoms with Crippen molar-refractivity contribution >= 4 is 22.9 Å². The molecule has 4 rings (SSSR count). The number of likely N-dealkylation sites (N-methyl/N-ethyl adjacent to an activating group) is 1. The molecule has 1 saturated heterocycles. The lowest BCUT2D eigenvalue weighted by atomic mass is 10.0. The molecule has 0 aliphatic carbocycles. The van der Waals surface area contributed by atoms with Crippen molar-refractivity contribution in [3.05, 3.63) is 63.1 Å². The lowest BCUT2D eigenvalue weighted by Crippen LogP contribution is -2.55. The maximum absolute atomic E-state index is 15.9. The largest absolute Gasteiger partial charge is 0.417 e. The van der Waals surface area contributed by atoms with E-state index in [1.54, 1.807) is 11.0 Å². The first-order valence-electron chi connectivity index (χ1n) is 11.4. The Morgan fingerprint density at radius 2 is 1.81 bits per heavy atom. The fraction of sp³-hybridized carbons (Fsp3) is 0.417. The van der Waals surface area contributed by atoms with Crippen LogP contribution in [0.15, 0.2) is 29.2 Å². The van der Waals surface area contributed by atoms with Gasteiger partial charge in [-0.2, -0.15) is 13.2 Å². The summed E-state index contributed by atoms with van der Waals surface area (Å²) in [6, 6.07) is 1.37. The van der Waals surface area contributed by atoms with Crippen LogP contribution < -0.4 is 21.1 Å². The quantitative estimate of drug-likeness (QED) is 0.549. The topological polar surface area (TPSA) is 80.5 Å². The van der Waals surface area contributed by atoms with Gasteiger partial charge in [-0.3, -0.25) is 14.5 Å². The molecule has 194 valence electrons. The van der Waals surface area contributed by atoms with Crippen molar-refractivity contribution in [3.8, 4) is 0 Å². The molecule has 3 N–H and O–H groups in total. The number of nitrogens with one attached hydrogen (secondary N) is 3. The van der Waals surface area contributed by atoms with Crippen molar-refractivity contribution in [1.82, 2.24) is 15.2 Å². The Labute approximate surface area is 204 Å². The monoisotopic (exact) mass is 511 g/mol. The van der Waals surface area contributed by atoms with Crippen LogP contribution in [0.4, 0.5) is 33.3 Å². The summed E-state index contributed by atoms with van der Waals surface area (Å²) < 4.78 is 71.8. The van der Waals surface area contributed by atoms with Gasteiger partial charge in [0.05, 0.1) is 22.4 Å². The molecule has 1 aromatic carbocycles. The maximum atomic E-state index is 15.9. The van der Waals surface area contributed by atoms with E-state index in [0.717, 1.165) is 6.07 Å². The Hall–Kier alpha value is -3.25. The van der Waals surface area contributed by atoms with E-state index in [2.05, 4.69) is 15.5 Å². The third-order valence-corrected chi connectivity index (χ3v) is 6.74. The molecule has 0 spiro atoms. The minimum atomic E-state index is -5.00. The molecule has 1 fully saturated rings. The summed E-state index contributed by atoms with van der Waals surface area (Å²) in [7, 11) is 1.92. The number of alkyl halides is 3. The van der Waals surface area contributed by atoms with Gasteiger partial charge in [0.1, 0.15) is 11.5 Å². The molecule has 3 heterocycles. The lowest BCUT2D eigenvalue weighted by molar-refractivity contribution is -0.138. The number of anilines is 2. The molecule has 12 heteroatoms. The van der Waals surface area contributed by atoms with Gasteiger partial charge in [0, 0.05) is 56.6 Å². The second-order valence-corrected chi connectivity index (χ2v) is 9.15. The number of nitrogens with zero attached hydrogens (tertiary/aromatic N) is 2. The number of aromatic nitrogens is 1. The zero-order valence-corrected chi connectivity index (χ0v) is 19.9. The summed E-state index contributed by atoms with van der Waals surface area (Å²) in [5.41, 5.74) is -3.81. The van der Waals surface area contributed by atoms with E-state index < -0.39 is 46.1 Å². The second-order valence-electron chi connectivity index (χ2n) is 9.15. The summed E-state index contributed by atoms with van der Waals surface area (Å²) in [6.45, 7) is 5.22. The number of rotatable bonds is 4. The van der Waals surface area contributed by atoms with Crippen LogP contribution in [0.5, 0.6) is 0 Å². The van der Waals surface area contributed by atoms with E-state index in [-0.39, 0.29) is 35.9 Å². The van der Waals surface area contributed by atoms with Gasteiger partial charge in [-0.05, 0) is 26.5 Å². The van der Waals surface area contributed by atoms with Crippen LogP contribution >= 0.6 is 0 Å². The van der Waals surface area contributed by atoms with Gasteiger partial charge >= 0.3 is 6.18 Å². The molecule has 1 unspecified atom stereocenters. The van der Waals surface area contributed by atoms with Gasteiger partial charge < -0.3 is 20.5 Å². The molecule has 0 saturated carbocycles. The zero-order valence-electron chi connectivity index (χ0n) is 19.9. The van der Waals surface area contributed by atoms with Crippen LogP contribution in [0.3, 0.4) is 0 Å². The number of pyridine rings is 1. The van der Waals surface area contributed by atoms with Gasteiger partial charge in [-0.15, -0.1) is 0 Å². The molecule has 0 radical (unpaired) electrons. The van der Waals surface area contributed by atoms with E-state index in [0.29, 0.717) is 31.4 Å². The number of amides is 1. The zero-order chi connectivity index (χ0) is 26.4. The van der Waals surface area contributed by atoms with E-state index >= 15 is 8.78 Å².